The molecule has 1 fully saturated rings. The van der Waals surface area contributed by atoms with Crippen molar-refractivity contribution < 1.29 is 14.7 Å². The zero-order valence-electron chi connectivity index (χ0n) is 10.7. The number of hydrogen-bond donors (Lipinski definition) is 2. The fraction of sp³-hybridized carbons (Fsp3) is 0.692. The first-order valence-corrected chi connectivity index (χ1v) is 6.27. The van der Waals surface area contributed by atoms with Gasteiger partial charge in [-0.3, -0.25) is 4.79 Å². The van der Waals surface area contributed by atoms with Crippen molar-refractivity contribution in [2.24, 2.45) is 0 Å². The fourth-order valence-electron chi connectivity index (χ4n) is 2.20. The van der Waals surface area contributed by atoms with E-state index in [2.05, 4.69) is 11.2 Å². The van der Waals surface area contributed by atoms with Gasteiger partial charge < -0.3 is 15.3 Å². The molecule has 1 saturated heterocycles. The molecule has 0 bridgehead atoms. The van der Waals surface area contributed by atoms with Gasteiger partial charge in [-0.2, -0.15) is 0 Å². The highest BCUT2D eigenvalue weighted by Crippen LogP contribution is 2.19. The van der Waals surface area contributed by atoms with Crippen molar-refractivity contribution >= 4 is 12.0 Å². The SMILES string of the molecule is C#CCC(C)NC(=O)N1CCCCC1CC(=O)O. The molecule has 5 nitrogen and oxygen atoms in total. The van der Waals surface area contributed by atoms with Crippen molar-refractivity contribution in [3.63, 3.8) is 0 Å². The van der Waals surface area contributed by atoms with E-state index in [-0.39, 0.29) is 24.5 Å². The number of carbonyl (C=O) groups excluding carboxylic acids is 1. The van der Waals surface area contributed by atoms with E-state index in [0.717, 1.165) is 19.3 Å². The molecule has 1 heterocycles. The summed E-state index contributed by atoms with van der Waals surface area (Å²) in [5.74, 6) is 1.63. The average Bonchev–Trinajstić information content (AvgIpc) is 2.28. The molecule has 0 spiro atoms. The summed E-state index contributed by atoms with van der Waals surface area (Å²) >= 11 is 0. The number of nitrogens with zero attached hydrogens (tertiary/aromatic N) is 1. The van der Waals surface area contributed by atoms with Crippen molar-refractivity contribution in [3.05, 3.63) is 0 Å². The van der Waals surface area contributed by atoms with Gasteiger partial charge >= 0.3 is 12.0 Å². The molecule has 0 aromatic heterocycles. The molecule has 1 rings (SSSR count). The zero-order chi connectivity index (χ0) is 13.5. The summed E-state index contributed by atoms with van der Waals surface area (Å²) in [6.45, 7) is 2.46. The van der Waals surface area contributed by atoms with Gasteiger partial charge in [0, 0.05) is 25.0 Å². The highest BCUT2D eigenvalue weighted by Gasteiger charge is 2.28. The number of urea groups is 1. The lowest BCUT2D eigenvalue weighted by atomic mass is 10.00. The molecule has 2 amide bonds. The Morgan fingerprint density at radius 3 is 2.89 bits per heavy atom. The third kappa shape index (κ3) is 4.28. The Morgan fingerprint density at radius 1 is 1.56 bits per heavy atom. The van der Waals surface area contributed by atoms with Crippen LogP contribution in [0.5, 0.6) is 0 Å². The van der Waals surface area contributed by atoms with Gasteiger partial charge in [0.2, 0.25) is 0 Å². The molecule has 0 radical (unpaired) electrons. The smallest absolute Gasteiger partial charge is 0.317 e. The summed E-state index contributed by atoms with van der Waals surface area (Å²) in [5, 5.41) is 11.7. The van der Waals surface area contributed by atoms with Crippen LogP contribution < -0.4 is 5.32 Å². The fourth-order valence-corrected chi connectivity index (χ4v) is 2.20. The van der Waals surface area contributed by atoms with Crippen molar-refractivity contribution in [3.8, 4) is 12.3 Å². The minimum absolute atomic E-state index is 0.0109. The maximum Gasteiger partial charge on any atom is 0.317 e. The number of amides is 2. The van der Waals surface area contributed by atoms with Crippen LogP contribution in [0.4, 0.5) is 4.79 Å². The number of piperidine rings is 1. The molecule has 18 heavy (non-hydrogen) atoms. The lowest BCUT2D eigenvalue weighted by Gasteiger charge is -2.35. The van der Waals surface area contributed by atoms with E-state index in [4.69, 9.17) is 11.5 Å². The van der Waals surface area contributed by atoms with Crippen LogP contribution in [-0.2, 0) is 4.79 Å². The number of carbonyl (C=O) groups is 2. The van der Waals surface area contributed by atoms with Crippen LogP contribution in [0.15, 0.2) is 0 Å². The number of terminal acetylenes is 1. The van der Waals surface area contributed by atoms with E-state index in [1.54, 1.807) is 4.90 Å². The summed E-state index contributed by atoms with van der Waals surface area (Å²) in [5.41, 5.74) is 0. The highest BCUT2D eigenvalue weighted by atomic mass is 16.4. The number of aliphatic carboxylic acids is 1. The second-order valence-electron chi connectivity index (χ2n) is 4.70. The van der Waals surface area contributed by atoms with Gasteiger partial charge in [-0.25, -0.2) is 4.79 Å². The number of hydrogen-bond acceptors (Lipinski definition) is 2. The highest BCUT2D eigenvalue weighted by molar-refractivity contribution is 5.76. The van der Waals surface area contributed by atoms with Gasteiger partial charge in [-0.1, -0.05) is 0 Å². The number of carboxylic acid groups (broad SMARTS) is 1. The third-order valence-electron chi connectivity index (χ3n) is 3.09. The Balaban J connectivity index is 2.57. The molecule has 2 atom stereocenters. The van der Waals surface area contributed by atoms with Crippen LogP contribution in [-0.4, -0.2) is 40.6 Å². The monoisotopic (exact) mass is 252 g/mol. The molecular formula is C13H20N2O3. The van der Waals surface area contributed by atoms with Crippen molar-refractivity contribution in [2.45, 2.75) is 51.1 Å². The Kier molecular flexibility index (Phi) is 5.50. The van der Waals surface area contributed by atoms with Gasteiger partial charge in [0.1, 0.15) is 0 Å². The number of carboxylic acids is 1. The molecule has 0 aliphatic carbocycles. The molecule has 0 aromatic rings. The number of rotatable bonds is 4. The first kappa shape index (κ1) is 14.4. The van der Waals surface area contributed by atoms with Crippen molar-refractivity contribution in [1.82, 2.24) is 10.2 Å². The second-order valence-corrected chi connectivity index (χ2v) is 4.70. The Morgan fingerprint density at radius 2 is 2.28 bits per heavy atom. The molecule has 2 N–H and O–H groups in total. The number of likely N-dealkylation sites (tertiary alicyclic amines) is 1. The van der Waals surface area contributed by atoms with E-state index >= 15 is 0 Å². The summed E-state index contributed by atoms with van der Waals surface area (Å²) < 4.78 is 0. The van der Waals surface area contributed by atoms with Crippen molar-refractivity contribution in [1.29, 1.82) is 0 Å². The van der Waals surface area contributed by atoms with Crippen LogP contribution in [0.1, 0.15) is 39.0 Å². The van der Waals surface area contributed by atoms with Gasteiger partial charge in [0.05, 0.1) is 6.42 Å². The molecular weight excluding hydrogens is 232 g/mol. The van der Waals surface area contributed by atoms with Gasteiger partial charge in [0.15, 0.2) is 0 Å². The Bertz CT molecular complexity index is 349. The van der Waals surface area contributed by atoms with Gasteiger partial charge in [-0.05, 0) is 26.2 Å². The lowest BCUT2D eigenvalue weighted by Crippen LogP contribution is -2.51. The molecule has 1 aliphatic heterocycles. The van der Waals surface area contributed by atoms with Crippen LogP contribution in [0.25, 0.3) is 0 Å². The minimum Gasteiger partial charge on any atom is -0.481 e. The van der Waals surface area contributed by atoms with E-state index in [1.165, 1.54) is 0 Å². The van der Waals surface area contributed by atoms with Crippen LogP contribution in [0.2, 0.25) is 0 Å². The molecule has 5 heteroatoms. The Labute approximate surface area is 108 Å². The summed E-state index contributed by atoms with van der Waals surface area (Å²) in [7, 11) is 0. The average molecular weight is 252 g/mol. The predicted molar refractivity (Wildman–Crippen MR) is 68.0 cm³/mol. The standard InChI is InChI=1S/C13H20N2O3/c1-3-6-10(2)14-13(18)15-8-5-4-7-11(15)9-12(16)17/h1,10-11H,4-9H2,2H3,(H,14,18)(H,16,17). The second kappa shape index (κ2) is 6.90. The quantitative estimate of drug-likeness (QED) is 0.744. The summed E-state index contributed by atoms with van der Waals surface area (Å²) in [6, 6.07) is -0.493. The van der Waals surface area contributed by atoms with Crippen molar-refractivity contribution in [2.75, 3.05) is 6.54 Å². The normalized spacial score (nSPS) is 20.9. The minimum atomic E-state index is -0.864. The van der Waals surface area contributed by atoms with Gasteiger partial charge in [0.25, 0.3) is 0 Å². The van der Waals surface area contributed by atoms with Crippen LogP contribution >= 0.6 is 0 Å². The lowest BCUT2D eigenvalue weighted by molar-refractivity contribution is -0.138. The third-order valence-corrected chi connectivity index (χ3v) is 3.09. The zero-order valence-corrected chi connectivity index (χ0v) is 10.7. The topological polar surface area (TPSA) is 69.6 Å². The Hall–Kier alpha value is -1.70. The maximum atomic E-state index is 12.0. The van der Waals surface area contributed by atoms with E-state index in [1.807, 2.05) is 6.92 Å². The van der Waals surface area contributed by atoms with Gasteiger partial charge in [-0.15, -0.1) is 12.3 Å². The predicted octanol–water partition coefficient (Wildman–Crippen LogP) is 1.44. The summed E-state index contributed by atoms with van der Waals surface area (Å²) in [6.07, 6.45) is 8.32. The maximum absolute atomic E-state index is 12.0. The molecule has 1 aliphatic rings. The molecule has 0 saturated carbocycles. The molecule has 2 unspecified atom stereocenters. The van der Waals surface area contributed by atoms with Crippen LogP contribution in [0.3, 0.4) is 0 Å². The van der Waals surface area contributed by atoms with E-state index in [9.17, 15) is 9.59 Å². The van der Waals surface area contributed by atoms with Crippen LogP contribution in [0, 0.1) is 12.3 Å². The largest absolute Gasteiger partial charge is 0.481 e. The molecule has 100 valence electrons. The molecule has 0 aromatic carbocycles. The van der Waals surface area contributed by atoms with E-state index in [0.29, 0.717) is 13.0 Å². The number of nitrogens with one attached hydrogen (secondary N) is 1. The summed E-state index contributed by atoms with van der Waals surface area (Å²) in [4.78, 5) is 24.4. The first-order valence-electron chi connectivity index (χ1n) is 6.27. The first-order chi connectivity index (χ1) is 8.54. The van der Waals surface area contributed by atoms with E-state index < -0.39 is 5.97 Å².